The van der Waals surface area contributed by atoms with Crippen LogP contribution in [0.3, 0.4) is 0 Å². The Morgan fingerprint density at radius 2 is 1.73 bits per heavy atom. The molecular weight excluding hydrogens is 384 g/mol. The van der Waals surface area contributed by atoms with Crippen molar-refractivity contribution < 1.29 is 19.1 Å². The molecule has 1 unspecified atom stereocenters. The number of benzene rings is 2. The Balaban J connectivity index is 1.81. The molecule has 0 fully saturated rings. The van der Waals surface area contributed by atoms with E-state index in [4.69, 9.17) is 4.74 Å². The van der Waals surface area contributed by atoms with Crippen molar-refractivity contribution in [1.29, 1.82) is 0 Å². The molecule has 3 amide bonds. The molecule has 0 saturated carbocycles. The van der Waals surface area contributed by atoms with E-state index in [-0.39, 0.29) is 25.6 Å². The summed E-state index contributed by atoms with van der Waals surface area (Å²) < 4.78 is 5.07. The Morgan fingerprint density at radius 3 is 2.40 bits per heavy atom. The average molecular weight is 408 g/mol. The van der Waals surface area contributed by atoms with Crippen LogP contribution in [0.2, 0.25) is 0 Å². The van der Waals surface area contributed by atoms with Gasteiger partial charge in [-0.15, -0.1) is 0 Å². The van der Waals surface area contributed by atoms with E-state index >= 15 is 0 Å². The summed E-state index contributed by atoms with van der Waals surface area (Å²) in [6, 6.07) is 17.2. The number of amides is 3. The van der Waals surface area contributed by atoms with Crippen molar-refractivity contribution in [3.8, 4) is 0 Å². The Morgan fingerprint density at radius 1 is 1.07 bits per heavy atom. The minimum atomic E-state index is -0.700. The third-order valence-corrected chi connectivity index (χ3v) is 4.50. The van der Waals surface area contributed by atoms with Crippen molar-refractivity contribution in [2.24, 2.45) is 0 Å². The van der Waals surface area contributed by atoms with Crippen molar-refractivity contribution in [2.45, 2.75) is 13.0 Å². The maximum atomic E-state index is 13.0. The highest BCUT2D eigenvalue weighted by Crippen LogP contribution is 2.17. The van der Waals surface area contributed by atoms with Crippen molar-refractivity contribution in [3.05, 3.63) is 77.5 Å². The molecule has 0 saturated heterocycles. The normalized spacial score (nSPS) is 14.4. The molecule has 1 aliphatic heterocycles. The molecule has 0 spiro atoms. The zero-order valence-electron chi connectivity index (χ0n) is 16.6. The average Bonchev–Trinajstić information content (AvgIpc) is 2.75. The van der Waals surface area contributed by atoms with Crippen LogP contribution < -0.4 is 21.3 Å². The quantitative estimate of drug-likeness (QED) is 0.500. The number of rotatable bonds is 8. The van der Waals surface area contributed by atoms with Gasteiger partial charge in [0.15, 0.2) is 0 Å². The predicted octanol–water partition coefficient (Wildman–Crippen LogP) is 2.09. The molecular formula is C22H24N4O4. The summed E-state index contributed by atoms with van der Waals surface area (Å²) in [4.78, 5) is 37.0. The van der Waals surface area contributed by atoms with E-state index in [1.807, 2.05) is 48.5 Å². The molecule has 0 aromatic heterocycles. The molecule has 1 heterocycles. The lowest BCUT2D eigenvalue weighted by molar-refractivity contribution is -0.138. The van der Waals surface area contributed by atoms with Crippen LogP contribution in [0.4, 0.5) is 10.5 Å². The van der Waals surface area contributed by atoms with Gasteiger partial charge in [-0.2, -0.15) is 0 Å². The lowest BCUT2D eigenvalue weighted by Crippen LogP contribution is -2.47. The summed E-state index contributed by atoms with van der Waals surface area (Å²) >= 11 is 0. The fraction of sp³-hybridized carbons (Fsp3) is 0.227. The summed E-state index contributed by atoms with van der Waals surface area (Å²) in [6.07, 6.45) is 0. The summed E-state index contributed by atoms with van der Waals surface area (Å²) in [6.45, 7) is 2.10. The van der Waals surface area contributed by atoms with Crippen LogP contribution in [0.5, 0.6) is 0 Å². The Kier molecular flexibility index (Phi) is 7.18. The van der Waals surface area contributed by atoms with Crippen LogP contribution in [-0.4, -0.2) is 37.6 Å². The standard InChI is InChI=1S/C22H24N4O4/c1-2-30-21(28)17-13-24-22(29)26-18(17)14-23-19(15-9-5-3-6-10-15)20(27)25-16-11-7-4-8-12-16/h3-12,19,23H,2,13-14H2,1H3,(H,25,27)(H2,24,26,29). The molecule has 156 valence electrons. The molecule has 1 atom stereocenters. The Labute approximate surface area is 174 Å². The van der Waals surface area contributed by atoms with Gasteiger partial charge in [0.1, 0.15) is 6.04 Å². The van der Waals surface area contributed by atoms with E-state index in [0.29, 0.717) is 17.0 Å². The minimum Gasteiger partial charge on any atom is -0.463 e. The summed E-state index contributed by atoms with van der Waals surface area (Å²) in [7, 11) is 0. The first-order chi connectivity index (χ1) is 14.6. The van der Waals surface area contributed by atoms with E-state index in [1.165, 1.54) is 0 Å². The third kappa shape index (κ3) is 5.45. The van der Waals surface area contributed by atoms with Gasteiger partial charge in [-0.25, -0.2) is 9.59 Å². The second-order valence-electron chi connectivity index (χ2n) is 6.57. The van der Waals surface area contributed by atoms with Crippen LogP contribution in [0, 0.1) is 0 Å². The third-order valence-electron chi connectivity index (χ3n) is 4.50. The molecule has 2 aromatic rings. The number of esters is 1. The number of hydrogen-bond donors (Lipinski definition) is 4. The van der Waals surface area contributed by atoms with Gasteiger partial charge >= 0.3 is 12.0 Å². The number of carbonyl (C=O) groups is 3. The van der Waals surface area contributed by atoms with Gasteiger partial charge in [-0.3, -0.25) is 10.1 Å². The summed E-state index contributed by atoms with van der Waals surface area (Å²) in [5, 5.41) is 11.2. The first kappa shape index (κ1) is 21.1. The molecule has 30 heavy (non-hydrogen) atoms. The monoisotopic (exact) mass is 408 g/mol. The highest BCUT2D eigenvalue weighted by Gasteiger charge is 2.26. The molecule has 2 aromatic carbocycles. The van der Waals surface area contributed by atoms with E-state index in [1.54, 1.807) is 19.1 Å². The maximum Gasteiger partial charge on any atom is 0.337 e. The summed E-state index contributed by atoms with van der Waals surface area (Å²) in [5.41, 5.74) is 2.13. The number of anilines is 1. The zero-order chi connectivity index (χ0) is 21.3. The Hall–Kier alpha value is -3.65. The first-order valence-electron chi connectivity index (χ1n) is 9.66. The van der Waals surface area contributed by atoms with Crippen LogP contribution >= 0.6 is 0 Å². The van der Waals surface area contributed by atoms with Crippen molar-refractivity contribution in [2.75, 3.05) is 25.0 Å². The minimum absolute atomic E-state index is 0.0634. The van der Waals surface area contributed by atoms with Gasteiger partial charge in [0.2, 0.25) is 5.91 Å². The molecule has 0 radical (unpaired) electrons. The maximum absolute atomic E-state index is 13.0. The SMILES string of the molecule is CCOC(=O)C1=C(CNC(C(=O)Nc2ccccc2)c2ccccc2)NC(=O)NC1. The molecule has 8 nitrogen and oxygen atoms in total. The van der Waals surface area contributed by atoms with Crippen LogP contribution in [0.1, 0.15) is 18.5 Å². The lowest BCUT2D eigenvalue weighted by Gasteiger charge is -2.24. The highest BCUT2D eigenvalue weighted by molar-refractivity contribution is 5.96. The smallest absolute Gasteiger partial charge is 0.337 e. The van der Waals surface area contributed by atoms with Crippen molar-refractivity contribution in [3.63, 3.8) is 0 Å². The molecule has 4 N–H and O–H groups in total. The number of para-hydroxylation sites is 1. The van der Waals surface area contributed by atoms with Gasteiger partial charge in [-0.1, -0.05) is 48.5 Å². The molecule has 8 heteroatoms. The molecule has 3 rings (SSSR count). The van der Waals surface area contributed by atoms with Crippen molar-refractivity contribution in [1.82, 2.24) is 16.0 Å². The van der Waals surface area contributed by atoms with Crippen LogP contribution in [0.15, 0.2) is 71.9 Å². The van der Waals surface area contributed by atoms with Gasteiger partial charge in [0.05, 0.1) is 18.7 Å². The zero-order valence-corrected chi connectivity index (χ0v) is 16.6. The molecule has 1 aliphatic rings. The second-order valence-corrected chi connectivity index (χ2v) is 6.57. The van der Waals surface area contributed by atoms with Crippen molar-refractivity contribution >= 4 is 23.6 Å². The van der Waals surface area contributed by atoms with E-state index in [9.17, 15) is 14.4 Å². The van der Waals surface area contributed by atoms with Gasteiger partial charge in [0.25, 0.3) is 0 Å². The van der Waals surface area contributed by atoms with E-state index in [2.05, 4.69) is 21.3 Å². The number of carbonyl (C=O) groups excluding carboxylic acids is 3. The van der Waals surface area contributed by atoms with Gasteiger partial charge in [-0.05, 0) is 24.6 Å². The van der Waals surface area contributed by atoms with E-state index in [0.717, 1.165) is 5.56 Å². The number of ether oxygens (including phenoxy) is 1. The van der Waals surface area contributed by atoms with Crippen LogP contribution in [0.25, 0.3) is 0 Å². The van der Waals surface area contributed by atoms with E-state index < -0.39 is 18.0 Å². The number of hydrogen-bond acceptors (Lipinski definition) is 5. The topological polar surface area (TPSA) is 109 Å². The second kappa shape index (κ2) is 10.2. The lowest BCUT2D eigenvalue weighted by atomic mass is 10.1. The molecule has 0 bridgehead atoms. The summed E-state index contributed by atoms with van der Waals surface area (Å²) in [5.74, 6) is -0.766. The largest absolute Gasteiger partial charge is 0.463 e. The predicted molar refractivity (Wildman–Crippen MR) is 112 cm³/mol. The number of nitrogens with one attached hydrogen (secondary N) is 4. The van der Waals surface area contributed by atoms with Gasteiger partial charge < -0.3 is 20.7 Å². The fourth-order valence-corrected chi connectivity index (χ4v) is 3.04. The number of urea groups is 1. The fourth-order valence-electron chi connectivity index (χ4n) is 3.04. The first-order valence-corrected chi connectivity index (χ1v) is 9.66. The molecule has 0 aliphatic carbocycles. The van der Waals surface area contributed by atoms with Crippen LogP contribution in [-0.2, 0) is 14.3 Å². The Bertz CT molecular complexity index is 929. The van der Waals surface area contributed by atoms with Gasteiger partial charge in [0, 0.05) is 17.9 Å². The highest BCUT2D eigenvalue weighted by atomic mass is 16.5.